The number of ketones is 1. The molecule has 0 aromatic heterocycles. The number of carbonyl (C=O) groups is 2. The summed E-state index contributed by atoms with van der Waals surface area (Å²) in [5, 5.41) is 6.12. The first-order chi connectivity index (χ1) is 12.5. The highest BCUT2D eigenvalue weighted by molar-refractivity contribution is 5.95. The number of nitrogens with one attached hydrogen (secondary N) is 2. The highest BCUT2D eigenvalue weighted by atomic mass is 16.2. The number of anilines is 1. The highest BCUT2D eigenvalue weighted by Gasteiger charge is 2.14. The van der Waals surface area contributed by atoms with Crippen LogP contribution in [0.5, 0.6) is 0 Å². The van der Waals surface area contributed by atoms with Gasteiger partial charge in [-0.3, -0.25) is 9.59 Å². The molecule has 1 amide bonds. The van der Waals surface area contributed by atoms with Crippen molar-refractivity contribution in [2.75, 3.05) is 11.9 Å². The molecule has 0 heterocycles. The summed E-state index contributed by atoms with van der Waals surface area (Å²) >= 11 is 0. The van der Waals surface area contributed by atoms with Gasteiger partial charge in [-0.25, -0.2) is 0 Å². The highest BCUT2D eigenvalue weighted by Crippen LogP contribution is 2.24. The molecule has 0 fully saturated rings. The van der Waals surface area contributed by atoms with Gasteiger partial charge in [0.1, 0.15) is 0 Å². The molecule has 1 unspecified atom stereocenters. The number of carbonyl (C=O) groups excluding carboxylic acids is 2. The van der Waals surface area contributed by atoms with Crippen LogP contribution in [0.4, 0.5) is 5.69 Å². The topological polar surface area (TPSA) is 58.2 Å². The van der Waals surface area contributed by atoms with Crippen molar-refractivity contribution in [3.63, 3.8) is 0 Å². The van der Waals surface area contributed by atoms with E-state index in [9.17, 15) is 9.59 Å². The molecule has 1 aliphatic rings. The minimum Gasteiger partial charge on any atom is -0.376 e. The van der Waals surface area contributed by atoms with Crippen molar-refractivity contribution in [2.24, 2.45) is 0 Å². The Bertz CT molecular complexity index is 814. The maximum atomic E-state index is 12.3. The molecule has 2 aromatic rings. The van der Waals surface area contributed by atoms with E-state index in [4.69, 9.17) is 0 Å². The third kappa shape index (κ3) is 4.51. The summed E-state index contributed by atoms with van der Waals surface area (Å²) < 4.78 is 0. The molecule has 0 saturated carbocycles. The summed E-state index contributed by atoms with van der Waals surface area (Å²) in [5.74, 6) is -0.0532. The molecular formula is C22H26N2O2. The van der Waals surface area contributed by atoms with Gasteiger partial charge in [0.2, 0.25) is 5.91 Å². The largest absolute Gasteiger partial charge is 0.376 e. The zero-order valence-corrected chi connectivity index (χ0v) is 15.5. The van der Waals surface area contributed by atoms with Gasteiger partial charge >= 0.3 is 0 Å². The molecular weight excluding hydrogens is 324 g/mol. The Morgan fingerprint density at radius 2 is 1.81 bits per heavy atom. The van der Waals surface area contributed by atoms with Crippen LogP contribution in [-0.4, -0.2) is 18.2 Å². The van der Waals surface area contributed by atoms with Crippen LogP contribution in [0.1, 0.15) is 59.8 Å². The summed E-state index contributed by atoms with van der Waals surface area (Å²) in [4.78, 5) is 23.7. The van der Waals surface area contributed by atoms with Crippen molar-refractivity contribution in [3.05, 3.63) is 64.7 Å². The molecule has 0 bridgehead atoms. The normalized spacial score (nSPS) is 14.2. The molecule has 2 aromatic carbocycles. The van der Waals surface area contributed by atoms with Crippen LogP contribution < -0.4 is 10.6 Å². The van der Waals surface area contributed by atoms with Gasteiger partial charge in [-0.1, -0.05) is 30.3 Å². The van der Waals surface area contributed by atoms with E-state index in [0.717, 1.165) is 17.7 Å². The molecule has 0 spiro atoms. The fourth-order valence-corrected chi connectivity index (χ4v) is 3.43. The fourth-order valence-electron chi connectivity index (χ4n) is 3.43. The number of rotatable bonds is 6. The maximum Gasteiger partial charge on any atom is 0.239 e. The Kier molecular flexibility index (Phi) is 5.71. The lowest BCUT2D eigenvalue weighted by Crippen LogP contribution is -2.32. The molecule has 0 radical (unpaired) electrons. The standard InChI is InChI=1S/C22H26N2O2/c1-15(18-11-10-17-6-3-4-7-20(17)12-18)24-22(26)14-23-21-9-5-8-19(13-21)16(2)25/h5,8-13,15,23H,3-4,6-7,14H2,1-2H3,(H,24,26). The van der Waals surface area contributed by atoms with Crippen molar-refractivity contribution in [1.82, 2.24) is 5.32 Å². The van der Waals surface area contributed by atoms with Gasteiger partial charge in [0.05, 0.1) is 12.6 Å². The van der Waals surface area contributed by atoms with Gasteiger partial charge in [-0.2, -0.15) is 0 Å². The van der Waals surface area contributed by atoms with E-state index >= 15 is 0 Å². The van der Waals surface area contributed by atoms with E-state index in [1.54, 1.807) is 12.1 Å². The van der Waals surface area contributed by atoms with E-state index in [0.29, 0.717) is 5.56 Å². The zero-order valence-electron chi connectivity index (χ0n) is 15.5. The van der Waals surface area contributed by atoms with Gasteiger partial charge in [-0.15, -0.1) is 0 Å². The quantitative estimate of drug-likeness (QED) is 0.773. The van der Waals surface area contributed by atoms with Crippen LogP contribution in [0.15, 0.2) is 42.5 Å². The van der Waals surface area contributed by atoms with Gasteiger partial charge in [-0.05, 0) is 68.4 Å². The number of amides is 1. The number of fused-ring (bicyclic) bond motifs is 1. The second-order valence-electron chi connectivity index (χ2n) is 7.02. The number of Topliss-reactive ketones (excluding diaryl/α,β-unsaturated/α-hetero) is 1. The Balaban J connectivity index is 1.56. The summed E-state index contributed by atoms with van der Waals surface area (Å²) in [5.41, 5.74) is 5.43. The predicted octanol–water partition coefficient (Wildman–Crippen LogP) is 4.06. The lowest BCUT2D eigenvalue weighted by molar-refractivity contribution is -0.120. The molecule has 4 nitrogen and oxygen atoms in total. The Hall–Kier alpha value is -2.62. The van der Waals surface area contributed by atoms with Crippen molar-refractivity contribution >= 4 is 17.4 Å². The van der Waals surface area contributed by atoms with Gasteiger partial charge in [0.25, 0.3) is 0 Å². The number of hydrogen-bond acceptors (Lipinski definition) is 3. The fraction of sp³-hybridized carbons (Fsp3) is 0.364. The van der Waals surface area contributed by atoms with Crippen LogP contribution in [0.25, 0.3) is 0 Å². The monoisotopic (exact) mass is 350 g/mol. The Morgan fingerprint density at radius 3 is 2.58 bits per heavy atom. The van der Waals surface area contributed by atoms with Gasteiger partial charge in [0, 0.05) is 11.3 Å². The molecule has 4 heteroatoms. The van der Waals surface area contributed by atoms with Crippen LogP contribution in [0.3, 0.4) is 0 Å². The maximum absolute atomic E-state index is 12.3. The third-order valence-electron chi connectivity index (χ3n) is 4.97. The molecule has 1 aliphatic carbocycles. The van der Waals surface area contributed by atoms with E-state index in [-0.39, 0.29) is 24.3 Å². The van der Waals surface area contributed by atoms with Crippen LogP contribution >= 0.6 is 0 Å². The molecule has 3 rings (SSSR count). The van der Waals surface area contributed by atoms with Crippen LogP contribution in [0, 0.1) is 0 Å². The second-order valence-corrected chi connectivity index (χ2v) is 7.02. The first-order valence-corrected chi connectivity index (χ1v) is 9.29. The summed E-state index contributed by atoms with van der Waals surface area (Å²) in [6, 6.07) is 13.7. The van der Waals surface area contributed by atoms with Crippen molar-refractivity contribution in [1.29, 1.82) is 0 Å². The average Bonchev–Trinajstić information content (AvgIpc) is 2.66. The number of hydrogen-bond donors (Lipinski definition) is 2. The molecule has 136 valence electrons. The van der Waals surface area contributed by atoms with E-state index in [2.05, 4.69) is 28.8 Å². The third-order valence-corrected chi connectivity index (χ3v) is 4.97. The summed E-state index contributed by atoms with van der Waals surface area (Å²) in [6.07, 6.45) is 4.83. The number of aryl methyl sites for hydroxylation is 2. The minimum atomic E-state index is -0.0663. The Morgan fingerprint density at radius 1 is 1.04 bits per heavy atom. The zero-order chi connectivity index (χ0) is 18.5. The van der Waals surface area contributed by atoms with Crippen molar-refractivity contribution in [3.8, 4) is 0 Å². The van der Waals surface area contributed by atoms with E-state index in [1.165, 1.54) is 37.3 Å². The minimum absolute atomic E-state index is 0.0131. The number of benzene rings is 2. The summed E-state index contributed by atoms with van der Waals surface area (Å²) in [6.45, 7) is 3.72. The first kappa shape index (κ1) is 18.2. The van der Waals surface area contributed by atoms with Gasteiger partial charge in [0.15, 0.2) is 5.78 Å². The molecule has 1 atom stereocenters. The molecule has 2 N–H and O–H groups in total. The van der Waals surface area contributed by atoms with Crippen LogP contribution in [-0.2, 0) is 17.6 Å². The van der Waals surface area contributed by atoms with E-state index < -0.39 is 0 Å². The van der Waals surface area contributed by atoms with Crippen LogP contribution in [0.2, 0.25) is 0 Å². The average molecular weight is 350 g/mol. The molecule has 0 aliphatic heterocycles. The van der Waals surface area contributed by atoms with E-state index in [1.807, 2.05) is 19.1 Å². The predicted molar refractivity (Wildman–Crippen MR) is 105 cm³/mol. The Labute approximate surface area is 155 Å². The molecule has 0 saturated heterocycles. The van der Waals surface area contributed by atoms with Crippen molar-refractivity contribution < 1.29 is 9.59 Å². The lowest BCUT2D eigenvalue weighted by atomic mass is 9.89. The smallest absolute Gasteiger partial charge is 0.239 e. The summed E-state index contributed by atoms with van der Waals surface area (Å²) in [7, 11) is 0. The lowest BCUT2D eigenvalue weighted by Gasteiger charge is -2.20. The van der Waals surface area contributed by atoms with Gasteiger partial charge < -0.3 is 10.6 Å². The SMILES string of the molecule is CC(=O)c1cccc(NCC(=O)NC(C)c2ccc3c(c2)CCCC3)c1. The second kappa shape index (κ2) is 8.17. The van der Waals surface area contributed by atoms with Crippen molar-refractivity contribution in [2.45, 2.75) is 45.6 Å². The first-order valence-electron chi connectivity index (χ1n) is 9.29. The molecule has 26 heavy (non-hydrogen) atoms.